The van der Waals surface area contributed by atoms with Gasteiger partial charge in [-0.3, -0.25) is 4.79 Å². The lowest BCUT2D eigenvalue weighted by Gasteiger charge is -2.24. The number of carbonyl (C=O) groups excluding carboxylic acids is 2. The monoisotopic (exact) mass is 450 g/mol. The zero-order valence-electron chi connectivity index (χ0n) is 17.8. The molecular weight excluding hydrogens is 425 g/mol. The van der Waals surface area contributed by atoms with E-state index in [1.54, 1.807) is 43.1 Å². The van der Waals surface area contributed by atoms with Crippen molar-refractivity contribution in [2.45, 2.75) is 51.1 Å². The van der Waals surface area contributed by atoms with Gasteiger partial charge in [0.1, 0.15) is 11.5 Å². The van der Waals surface area contributed by atoms with Gasteiger partial charge in [-0.05, 0) is 54.7 Å². The number of hydrogen-bond donors (Lipinski definition) is 1. The average molecular weight is 450 g/mol. The first-order chi connectivity index (χ1) is 15.1. The molecule has 9 heteroatoms. The van der Waals surface area contributed by atoms with E-state index in [0.29, 0.717) is 24.2 Å². The minimum absolute atomic E-state index is 0.00323. The van der Waals surface area contributed by atoms with Gasteiger partial charge in [0, 0.05) is 25.6 Å². The van der Waals surface area contributed by atoms with Crippen LogP contribution in [0.4, 0.5) is 18.0 Å². The number of halogens is 3. The standard InChI is InChI=1S/C23H25F3N2O4/c1-3-21(29)27-17-8-9-18(14-17)28(2)22(30)31-19-10-4-15(5-11-19)16-6-12-20(13-7-16)32-23(24,25)26/h4-7,10-13,17-18H,3,8-9,14H2,1-2H3,(H,27,29)/t17-,18+/m0/s1. The van der Waals surface area contributed by atoms with Crippen LogP contribution in [0, 0.1) is 0 Å². The number of alkyl halides is 3. The second kappa shape index (κ2) is 9.93. The molecule has 1 aliphatic rings. The van der Waals surface area contributed by atoms with Gasteiger partial charge < -0.3 is 19.7 Å². The van der Waals surface area contributed by atoms with Gasteiger partial charge in [-0.15, -0.1) is 13.2 Å². The molecule has 0 radical (unpaired) electrons. The molecule has 0 spiro atoms. The van der Waals surface area contributed by atoms with E-state index in [1.807, 2.05) is 0 Å². The summed E-state index contributed by atoms with van der Waals surface area (Å²) in [5, 5.41) is 2.96. The van der Waals surface area contributed by atoms with Crippen molar-refractivity contribution >= 4 is 12.0 Å². The summed E-state index contributed by atoms with van der Waals surface area (Å²) in [5.74, 6) is 0.0678. The van der Waals surface area contributed by atoms with Gasteiger partial charge >= 0.3 is 12.5 Å². The molecule has 32 heavy (non-hydrogen) atoms. The quantitative estimate of drug-likeness (QED) is 0.663. The third-order valence-electron chi connectivity index (χ3n) is 5.41. The molecule has 0 bridgehead atoms. The lowest BCUT2D eigenvalue weighted by atomic mass is 10.1. The predicted molar refractivity (Wildman–Crippen MR) is 112 cm³/mol. The Balaban J connectivity index is 1.55. The molecule has 2 atom stereocenters. The van der Waals surface area contributed by atoms with Crippen LogP contribution in [-0.2, 0) is 4.79 Å². The van der Waals surface area contributed by atoms with Crippen molar-refractivity contribution in [3.05, 3.63) is 48.5 Å². The Morgan fingerprint density at radius 1 is 1.00 bits per heavy atom. The minimum Gasteiger partial charge on any atom is -0.410 e. The Kier molecular flexibility index (Phi) is 7.27. The van der Waals surface area contributed by atoms with E-state index in [4.69, 9.17) is 4.74 Å². The van der Waals surface area contributed by atoms with Gasteiger partial charge in [-0.2, -0.15) is 0 Å². The molecule has 0 unspecified atom stereocenters. The Labute approximate surface area is 184 Å². The molecule has 2 aromatic carbocycles. The molecule has 0 aromatic heterocycles. The van der Waals surface area contributed by atoms with Crippen LogP contribution >= 0.6 is 0 Å². The van der Waals surface area contributed by atoms with Crippen molar-refractivity contribution in [3.63, 3.8) is 0 Å². The fourth-order valence-corrected chi connectivity index (χ4v) is 3.66. The summed E-state index contributed by atoms with van der Waals surface area (Å²) >= 11 is 0. The second-order valence-electron chi connectivity index (χ2n) is 7.66. The molecule has 0 saturated heterocycles. The largest absolute Gasteiger partial charge is 0.573 e. The van der Waals surface area contributed by atoms with Crippen molar-refractivity contribution in [3.8, 4) is 22.6 Å². The lowest BCUT2D eigenvalue weighted by molar-refractivity contribution is -0.274. The van der Waals surface area contributed by atoms with Gasteiger partial charge in [-0.1, -0.05) is 31.2 Å². The zero-order valence-corrected chi connectivity index (χ0v) is 17.8. The molecule has 3 rings (SSSR count). The maximum atomic E-state index is 12.5. The smallest absolute Gasteiger partial charge is 0.410 e. The van der Waals surface area contributed by atoms with Crippen LogP contribution in [-0.4, -0.2) is 42.4 Å². The molecule has 1 aliphatic carbocycles. The van der Waals surface area contributed by atoms with E-state index in [2.05, 4.69) is 10.1 Å². The topological polar surface area (TPSA) is 67.9 Å². The fraction of sp³-hybridized carbons (Fsp3) is 0.391. The van der Waals surface area contributed by atoms with Gasteiger partial charge in [0.15, 0.2) is 0 Å². The lowest BCUT2D eigenvalue weighted by Crippen LogP contribution is -2.39. The summed E-state index contributed by atoms with van der Waals surface area (Å²) < 4.78 is 46.1. The van der Waals surface area contributed by atoms with Gasteiger partial charge in [-0.25, -0.2) is 4.79 Å². The van der Waals surface area contributed by atoms with E-state index in [0.717, 1.165) is 18.4 Å². The summed E-state index contributed by atoms with van der Waals surface area (Å²) in [5.41, 5.74) is 1.45. The SMILES string of the molecule is CCC(=O)N[C@H]1CC[C@@H](N(C)C(=O)Oc2ccc(-c3ccc(OC(F)(F)F)cc3)cc2)C1. The Hall–Kier alpha value is -3.23. The zero-order chi connectivity index (χ0) is 23.3. The second-order valence-corrected chi connectivity index (χ2v) is 7.66. The summed E-state index contributed by atoms with van der Waals surface area (Å²) in [6.45, 7) is 1.80. The molecule has 1 fully saturated rings. The summed E-state index contributed by atoms with van der Waals surface area (Å²) in [4.78, 5) is 25.6. The number of ether oxygens (including phenoxy) is 2. The number of carbonyl (C=O) groups is 2. The summed E-state index contributed by atoms with van der Waals surface area (Å²) in [6.07, 6.45) is -2.50. The van der Waals surface area contributed by atoms with Crippen LogP contribution in [0.5, 0.6) is 11.5 Å². The Morgan fingerprint density at radius 2 is 1.56 bits per heavy atom. The van der Waals surface area contributed by atoms with Gasteiger partial charge in [0.05, 0.1) is 0 Å². The summed E-state index contributed by atoms with van der Waals surface area (Å²) in [6, 6.07) is 12.2. The van der Waals surface area contributed by atoms with E-state index in [9.17, 15) is 22.8 Å². The number of amides is 2. The van der Waals surface area contributed by atoms with Crippen molar-refractivity contribution in [2.75, 3.05) is 7.05 Å². The van der Waals surface area contributed by atoms with Gasteiger partial charge in [0.25, 0.3) is 0 Å². The van der Waals surface area contributed by atoms with E-state index in [1.165, 1.54) is 24.3 Å². The van der Waals surface area contributed by atoms with E-state index >= 15 is 0 Å². The highest BCUT2D eigenvalue weighted by Crippen LogP contribution is 2.28. The average Bonchev–Trinajstić information content (AvgIpc) is 3.21. The van der Waals surface area contributed by atoms with Crippen LogP contribution < -0.4 is 14.8 Å². The van der Waals surface area contributed by atoms with Crippen LogP contribution in [0.2, 0.25) is 0 Å². The number of hydrogen-bond acceptors (Lipinski definition) is 4. The normalized spacial score (nSPS) is 18.2. The van der Waals surface area contributed by atoms with Crippen molar-refractivity contribution in [1.29, 1.82) is 0 Å². The molecule has 1 saturated carbocycles. The first-order valence-corrected chi connectivity index (χ1v) is 10.3. The van der Waals surface area contributed by atoms with Crippen LogP contribution in [0.3, 0.4) is 0 Å². The number of nitrogens with zero attached hydrogens (tertiary/aromatic N) is 1. The number of benzene rings is 2. The Morgan fingerprint density at radius 3 is 2.09 bits per heavy atom. The molecule has 0 heterocycles. The first-order valence-electron chi connectivity index (χ1n) is 10.3. The molecule has 6 nitrogen and oxygen atoms in total. The molecule has 0 aliphatic heterocycles. The maximum absolute atomic E-state index is 12.5. The maximum Gasteiger partial charge on any atom is 0.573 e. The molecule has 2 amide bonds. The first kappa shape index (κ1) is 23.4. The van der Waals surface area contributed by atoms with Crippen molar-refractivity contribution in [2.24, 2.45) is 0 Å². The molecular formula is C23H25F3N2O4. The van der Waals surface area contributed by atoms with Crippen molar-refractivity contribution in [1.82, 2.24) is 10.2 Å². The molecule has 2 aromatic rings. The highest BCUT2D eigenvalue weighted by Gasteiger charge is 2.32. The third kappa shape index (κ3) is 6.38. The third-order valence-corrected chi connectivity index (χ3v) is 5.41. The molecule has 1 N–H and O–H groups in total. The summed E-state index contributed by atoms with van der Waals surface area (Å²) in [7, 11) is 1.68. The van der Waals surface area contributed by atoms with Gasteiger partial charge in [0.2, 0.25) is 5.91 Å². The van der Waals surface area contributed by atoms with Crippen LogP contribution in [0.1, 0.15) is 32.6 Å². The highest BCUT2D eigenvalue weighted by atomic mass is 19.4. The fourth-order valence-electron chi connectivity index (χ4n) is 3.66. The minimum atomic E-state index is -4.73. The molecule has 172 valence electrons. The van der Waals surface area contributed by atoms with E-state index < -0.39 is 12.5 Å². The number of nitrogens with one attached hydrogen (secondary N) is 1. The Bertz CT molecular complexity index is 930. The van der Waals surface area contributed by atoms with Crippen LogP contribution in [0.25, 0.3) is 11.1 Å². The van der Waals surface area contributed by atoms with Crippen molar-refractivity contribution < 1.29 is 32.2 Å². The predicted octanol–water partition coefficient (Wildman–Crippen LogP) is 5.13. The van der Waals surface area contributed by atoms with Crippen LogP contribution in [0.15, 0.2) is 48.5 Å². The highest BCUT2D eigenvalue weighted by molar-refractivity contribution is 5.76. The van der Waals surface area contributed by atoms with E-state index in [-0.39, 0.29) is 23.7 Å². The number of rotatable bonds is 6.